The number of likely N-dealkylation sites (N-methyl/N-ethyl adjacent to an activating group) is 1. The fraction of sp³-hybridized carbons (Fsp3) is 0.909. The Morgan fingerprint density at radius 3 is 2.78 bits per heavy atom. The molecular formula is C11H22N2O4S. The summed E-state index contributed by atoms with van der Waals surface area (Å²) in [6.45, 7) is 1.65. The predicted octanol–water partition coefficient (Wildman–Crippen LogP) is -0.0468. The van der Waals surface area contributed by atoms with Crippen molar-refractivity contribution in [2.45, 2.75) is 31.7 Å². The molecule has 1 saturated heterocycles. The molecule has 0 amide bonds. The van der Waals surface area contributed by atoms with Crippen molar-refractivity contribution in [2.24, 2.45) is 0 Å². The number of rotatable bonds is 6. The van der Waals surface area contributed by atoms with Gasteiger partial charge in [0.05, 0.1) is 12.9 Å². The molecule has 106 valence electrons. The third kappa shape index (κ3) is 4.55. The van der Waals surface area contributed by atoms with Crippen molar-refractivity contribution in [1.82, 2.24) is 9.62 Å². The Hall–Kier alpha value is -0.660. The minimum atomic E-state index is -3.28. The lowest BCUT2D eigenvalue weighted by molar-refractivity contribution is -0.140. The van der Waals surface area contributed by atoms with Crippen molar-refractivity contribution in [1.29, 1.82) is 0 Å². The van der Waals surface area contributed by atoms with Crippen LogP contribution in [-0.2, 0) is 19.6 Å². The zero-order valence-electron chi connectivity index (χ0n) is 11.0. The van der Waals surface area contributed by atoms with Crippen LogP contribution in [0.1, 0.15) is 25.7 Å². The molecular weight excluding hydrogens is 256 g/mol. The average Bonchev–Trinajstić information content (AvgIpc) is 2.38. The number of carbonyl (C=O) groups is 1. The lowest BCUT2D eigenvalue weighted by Crippen LogP contribution is -2.47. The standard InChI is InChI=1S/C11H22N2O4S/c1-13(10-5-3-7-12-9-10)18(15,16)8-4-6-11(14)17-2/h10,12H,3-9H2,1-2H3. The second kappa shape index (κ2) is 7.06. The van der Waals surface area contributed by atoms with E-state index in [2.05, 4.69) is 10.1 Å². The van der Waals surface area contributed by atoms with E-state index in [9.17, 15) is 13.2 Å². The smallest absolute Gasteiger partial charge is 0.305 e. The topological polar surface area (TPSA) is 75.7 Å². The molecule has 1 aliphatic rings. The number of esters is 1. The van der Waals surface area contributed by atoms with Crippen molar-refractivity contribution >= 4 is 16.0 Å². The highest BCUT2D eigenvalue weighted by molar-refractivity contribution is 7.89. The van der Waals surface area contributed by atoms with Gasteiger partial charge in [0.1, 0.15) is 0 Å². The lowest BCUT2D eigenvalue weighted by Gasteiger charge is -2.30. The van der Waals surface area contributed by atoms with Crippen LogP contribution in [0.2, 0.25) is 0 Å². The number of ether oxygens (including phenoxy) is 1. The molecule has 1 N–H and O–H groups in total. The first-order valence-electron chi connectivity index (χ1n) is 6.20. The maximum Gasteiger partial charge on any atom is 0.305 e. The molecule has 1 heterocycles. The van der Waals surface area contributed by atoms with E-state index in [1.54, 1.807) is 7.05 Å². The van der Waals surface area contributed by atoms with Crippen LogP contribution in [0.5, 0.6) is 0 Å². The molecule has 0 bridgehead atoms. The first-order valence-corrected chi connectivity index (χ1v) is 7.81. The molecule has 0 aliphatic carbocycles. The molecule has 0 spiro atoms. The summed E-state index contributed by atoms with van der Waals surface area (Å²) in [5.41, 5.74) is 0. The molecule has 1 aliphatic heterocycles. The van der Waals surface area contributed by atoms with Gasteiger partial charge >= 0.3 is 5.97 Å². The van der Waals surface area contributed by atoms with Crippen LogP contribution >= 0.6 is 0 Å². The highest BCUT2D eigenvalue weighted by Gasteiger charge is 2.27. The molecule has 7 heteroatoms. The summed E-state index contributed by atoms with van der Waals surface area (Å²) in [5, 5.41) is 3.19. The van der Waals surface area contributed by atoms with E-state index in [0.29, 0.717) is 13.0 Å². The van der Waals surface area contributed by atoms with Crippen molar-refractivity contribution in [3.63, 3.8) is 0 Å². The number of piperidine rings is 1. The van der Waals surface area contributed by atoms with Gasteiger partial charge in [0.15, 0.2) is 0 Å². The van der Waals surface area contributed by atoms with Gasteiger partial charge < -0.3 is 10.1 Å². The molecule has 1 unspecified atom stereocenters. The van der Waals surface area contributed by atoms with E-state index in [-0.39, 0.29) is 24.2 Å². The summed E-state index contributed by atoms with van der Waals surface area (Å²) in [5.74, 6) is -0.373. The molecule has 0 saturated carbocycles. The maximum atomic E-state index is 12.0. The minimum absolute atomic E-state index is 0.00486. The maximum absolute atomic E-state index is 12.0. The fourth-order valence-corrected chi connectivity index (χ4v) is 3.45. The van der Waals surface area contributed by atoms with E-state index in [1.807, 2.05) is 0 Å². The predicted molar refractivity (Wildman–Crippen MR) is 68.7 cm³/mol. The van der Waals surface area contributed by atoms with E-state index in [0.717, 1.165) is 19.4 Å². The molecule has 0 aromatic heterocycles. The van der Waals surface area contributed by atoms with Gasteiger partial charge in [-0.15, -0.1) is 0 Å². The van der Waals surface area contributed by atoms with Crippen LogP contribution in [0.25, 0.3) is 0 Å². The first kappa shape index (κ1) is 15.4. The SMILES string of the molecule is COC(=O)CCCS(=O)(=O)N(C)C1CCCNC1. The highest BCUT2D eigenvalue weighted by atomic mass is 32.2. The normalized spacial score (nSPS) is 20.9. The summed E-state index contributed by atoms with van der Waals surface area (Å²) < 4.78 is 30.0. The third-order valence-corrected chi connectivity index (χ3v) is 5.21. The monoisotopic (exact) mass is 278 g/mol. The second-order valence-electron chi connectivity index (χ2n) is 4.51. The molecule has 6 nitrogen and oxygen atoms in total. The number of hydrogen-bond acceptors (Lipinski definition) is 5. The molecule has 18 heavy (non-hydrogen) atoms. The molecule has 1 rings (SSSR count). The van der Waals surface area contributed by atoms with Crippen LogP contribution in [0.3, 0.4) is 0 Å². The summed E-state index contributed by atoms with van der Waals surface area (Å²) in [6.07, 6.45) is 2.33. The van der Waals surface area contributed by atoms with Gasteiger partial charge in [-0.25, -0.2) is 12.7 Å². The molecule has 0 aromatic carbocycles. The Bertz CT molecular complexity index is 363. The van der Waals surface area contributed by atoms with Gasteiger partial charge in [-0.05, 0) is 25.8 Å². The minimum Gasteiger partial charge on any atom is -0.469 e. The van der Waals surface area contributed by atoms with Crippen molar-refractivity contribution in [3.05, 3.63) is 0 Å². The van der Waals surface area contributed by atoms with E-state index in [4.69, 9.17) is 0 Å². The van der Waals surface area contributed by atoms with Crippen molar-refractivity contribution < 1.29 is 17.9 Å². The molecule has 0 radical (unpaired) electrons. The Labute approximate surface area is 109 Å². The summed E-state index contributed by atoms with van der Waals surface area (Å²) in [6, 6.07) is 0.0295. The Balaban J connectivity index is 2.43. The third-order valence-electron chi connectivity index (χ3n) is 3.23. The zero-order valence-corrected chi connectivity index (χ0v) is 11.8. The van der Waals surface area contributed by atoms with Crippen molar-refractivity contribution in [2.75, 3.05) is 33.0 Å². The van der Waals surface area contributed by atoms with E-state index < -0.39 is 10.0 Å². The second-order valence-corrected chi connectivity index (χ2v) is 6.66. The number of carbonyl (C=O) groups excluding carboxylic acids is 1. The number of nitrogens with zero attached hydrogens (tertiary/aromatic N) is 1. The van der Waals surface area contributed by atoms with E-state index in [1.165, 1.54) is 11.4 Å². The lowest BCUT2D eigenvalue weighted by atomic mass is 10.1. The van der Waals surface area contributed by atoms with Crippen LogP contribution < -0.4 is 5.32 Å². The quantitative estimate of drug-likeness (QED) is 0.690. The summed E-state index contributed by atoms with van der Waals surface area (Å²) >= 11 is 0. The van der Waals surface area contributed by atoms with Crippen LogP contribution in [0.15, 0.2) is 0 Å². The molecule has 1 fully saturated rings. The number of sulfonamides is 1. The van der Waals surface area contributed by atoms with Crippen LogP contribution in [0.4, 0.5) is 0 Å². The van der Waals surface area contributed by atoms with Gasteiger partial charge in [-0.2, -0.15) is 0 Å². The summed E-state index contributed by atoms with van der Waals surface area (Å²) in [4.78, 5) is 10.9. The van der Waals surface area contributed by atoms with Gasteiger partial charge in [0.25, 0.3) is 0 Å². The number of methoxy groups -OCH3 is 1. The van der Waals surface area contributed by atoms with E-state index >= 15 is 0 Å². The Morgan fingerprint density at radius 1 is 1.50 bits per heavy atom. The largest absolute Gasteiger partial charge is 0.469 e. The van der Waals surface area contributed by atoms with Crippen molar-refractivity contribution in [3.8, 4) is 0 Å². The Kier molecular flexibility index (Phi) is 6.04. The summed E-state index contributed by atoms with van der Waals surface area (Å²) in [7, 11) is -0.360. The molecule has 0 aromatic rings. The van der Waals surface area contributed by atoms with Crippen LogP contribution in [0, 0.1) is 0 Å². The van der Waals surface area contributed by atoms with Gasteiger partial charge in [0, 0.05) is 26.1 Å². The van der Waals surface area contributed by atoms with Gasteiger partial charge in [-0.3, -0.25) is 4.79 Å². The van der Waals surface area contributed by atoms with Gasteiger partial charge in [-0.1, -0.05) is 0 Å². The molecule has 1 atom stereocenters. The van der Waals surface area contributed by atoms with Crippen LogP contribution in [-0.4, -0.2) is 57.7 Å². The average molecular weight is 278 g/mol. The highest BCUT2D eigenvalue weighted by Crippen LogP contribution is 2.14. The van der Waals surface area contributed by atoms with Gasteiger partial charge in [0.2, 0.25) is 10.0 Å². The zero-order chi connectivity index (χ0) is 13.6. The number of nitrogens with one attached hydrogen (secondary N) is 1. The fourth-order valence-electron chi connectivity index (χ4n) is 2.02. The first-order chi connectivity index (χ1) is 8.47. The number of hydrogen-bond donors (Lipinski definition) is 1. The Morgan fingerprint density at radius 2 is 2.22 bits per heavy atom.